The summed E-state index contributed by atoms with van der Waals surface area (Å²) in [5.74, 6) is -1.43. The molecule has 1 aromatic heterocycles. The highest BCUT2D eigenvalue weighted by molar-refractivity contribution is 5.80. The Balaban J connectivity index is 1.95. The van der Waals surface area contributed by atoms with Gasteiger partial charge >= 0.3 is 5.97 Å². The molecule has 2 aromatic rings. The van der Waals surface area contributed by atoms with Crippen molar-refractivity contribution in [1.29, 1.82) is 0 Å². The van der Waals surface area contributed by atoms with Crippen LogP contribution in [0.2, 0.25) is 0 Å². The van der Waals surface area contributed by atoms with Gasteiger partial charge in [-0.25, -0.2) is 4.98 Å². The fourth-order valence-electron chi connectivity index (χ4n) is 2.02. The van der Waals surface area contributed by atoms with E-state index in [1.165, 1.54) is 6.92 Å². The standard InChI is InChI=1S/C14H17N3O4/c1-14(21,6-13(19)20)8-15-12(18)7-17-9-16-10-4-2-3-5-11(10)17/h2-5,9,21H,6-8H2,1H3,(H,15,18)(H,19,20). The molecule has 0 saturated carbocycles. The number of hydrogen-bond donors (Lipinski definition) is 3. The number of carboxylic acid groups (broad SMARTS) is 1. The third kappa shape index (κ3) is 4.03. The zero-order valence-electron chi connectivity index (χ0n) is 11.6. The summed E-state index contributed by atoms with van der Waals surface area (Å²) in [4.78, 5) is 26.6. The zero-order valence-corrected chi connectivity index (χ0v) is 11.6. The molecule has 1 unspecified atom stereocenters. The van der Waals surface area contributed by atoms with Gasteiger partial charge in [0, 0.05) is 6.54 Å². The Hall–Kier alpha value is -2.41. The van der Waals surface area contributed by atoms with Crippen molar-refractivity contribution in [3.63, 3.8) is 0 Å². The Kier molecular flexibility index (Phi) is 4.23. The number of imidazole rings is 1. The molecule has 1 atom stereocenters. The van der Waals surface area contributed by atoms with Crippen molar-refractivity contribution >= 4 is 22.9 Å². The molecule has 0 aliphatic heterocycles. The van der Waals surface area contributed by atoms with Crippen molar-refractivity contribution in [3.05, 3.63) is 30.6 Å². The summed E-state index contributed by atoms with van der Waals surface area (Å²) in [7, 11) is 0. The minimum atomic E-state index is -1.47. The number of aromatic nitrogens is 2. The van der Waals surface area contributed by atoms with Crippen molar-refractivity contribution in [2.45, 2.75) is 25.5 Å². The molecule has 7 nitrogen and oxygen atoms in total. The average molecular weight is 291 g/mol. The van der Waals surface area contributed by atoms with Crippen LogP contribution in [-0.2, 0) is 16.1 Å². The molecular formula is C14H17N3O4. The van der Waals surface area contributed by atoms with E-state index in [4.69, 9.17) is 5.11 Å². The monoisotopic (exact) mass is 291 g/mol. The summed E-state index contributed by atoms with van der Waals surface area (Å²) in [6, 6.07) is 7.43. The molecule has 3 N–H and O–H groups in total. The molecule has 2 rings (SSSR count). The quantitative estimate of drug-likeness (QED) is 0.713. The first-order valence-corrected chi connectivity index (χ1v) is 6.48. The molecule has 0 spiro atoms. The summed E-state index contributed by atoms with van der Waals surface area (Å²) >= 11 is 0. The number of nitrogens with zero attached hydrogens (tertiary/aromatic N) is 2. The summed E-state index contributed by atoms with van der Waals surface area (Å²) in [5, 5.41) is 21.0. The molecule has 0 saturated heterocycles. The van der Waals surface area contributed by atoms with Gasteiger partial charge in [-0.15, -0.1) is 0 Å². The number of hydrogen-bond acceptors (Lipinski definition) is 4. The van der Waals surface area contributed by atoms with E-state index < -0.39 is 18.0 Å². The molecule has 1 amide bonds. The lowest BCUT2D eigenvalue weighted by Gasteiger charge is -2.21. The first-order chi connectivity index (χ1) is 9.87. The number of fused-ring (bicyclic) bond motifs is 1. The Bertz CT molecular complexity index is 663. The van der Waals surface area contributed by atoms with E-state index in [1.807, 2.05) is 24.3 Å². The smallest absolute Gasteiger partial charge is 0.306 e. The molecule has 0 radical (unpaired) electrons. The fraction of sp³-hybridized carbons (Fsp3) is 0.357. The van der Waals surface area contributed by atoms with Crippen LogP contribution in [0.5, 0.6) is 0 Å². The molecule has 0 aliphatic carbocycles. The van der Waals surface area contributed by atoms with Gasteiger partial charge in [0.2, 0.25) is 5.91 Å². The molecule has 0 fully saturated rings. The van der Waals surface area contributed by atoms with E-state index in [0.717, 1.165) is 11.0 Å². The maximum absolute atomic E-state index is 11.9. The van der Waals surface area contributed by atoms with Crippen LogP contribution in [-0.4, -0.2) is 43.8 Å². The van der Waals surface area contributed by atoms with Gasteiger partial charge in [0.05, 0.1) is 29.4 Å². The lowest BCUT2D eigenvalue weighted by atomic mass is 10.0. The predicted molar refractivity (Wildman–Crippen MR) is 75.6 cm³/mol. The first-order valence-electron chi connectivity index (χ1n) is 6.48. The van der Waals surface area contributed by atoms with Crippen molar-refractivity contribution in [2.75, 3.05) is 6.54 Å². The highest BCUT2D eigenvalue weighted by Crippen LogP contribution is 2.11. The van der Waals surface area contributed by atoms with Gasteiger partial charge in [0.1, 0.15) is 6.54 Å². The maximum atomic E-state index is 11.9. The number of carbonyl (C=O) groups excluding carboxylic acids is 1. The molecular weight excluding hydrogens is 274 g/mol. The maximum Gasteiger partial charge on any atom is 0.306 e. The van der Waals surface area contributed by atoms with Crippen LogP contribution in [0.4, 0.5) is 0 Å². The van der Waals surface area contributed by atoms with Crippen LogP contribution in [0.3, 0.4) is 0 Å². The predicted octanol–water partition coefficient (Wildman–Crippen LogP) is 0.378. The van der Waals surface area contributed by atoms with Gasteiger partial charge in [0.15, 0.2) is 0 Å². The summed E-state index contributed by atoms with van der Waals surface area (Å²) < 4.78 is 1.69. The number of carbonyl (C=O) groups is 2. The van der Waals surface area contributed by atoms with E-state index in [-0.39, 0.29) is 19.0 Å². The number of amides is 1. The van der Waals surface area contributed by atoms with E-state index in [1.54, 1.807) is 10.9 Å². The molecule has 112 valence electrons. The number of rotatable bonds is 6. The van der Waals surface area contributed by atoms with Crippen LogP contribution in [0.25, 0.3) is 11.0 Å². The third-order valence-corrected chi connectivity index (χ3v) is 3.04. The van der Waals surface area contributed by atoms with Gasteiger partial charge < -0.3 is 20.1 Å². The molecule has 1 aromatic carbocycles. The number of benzene rings is 1. The van der Waals surface area contributed by atoms with E-state index in [2.05, 4.69) is 10.3 Å². The van der Waals surface area contributed by atoms with Crippen molar-refractivity contribution in [3.8, 4) is 0 Å². The minimum absolute atomic E-state index is 0.0592. The van der Waals surface area contributed by atoms with Crippen LogP contribution in [0.15, 0.2) is 30.6 Å². The number of aliphatic hydroxyl groups is 1. The Morgan fingerprint density at radius 1 is 1.38 bits per heavy atom. The molecule has 0 aliphatic rings. The number of nitrogens with one attached hydrogen (secondary N) is 1. The second kappa shape index (κ2) is 5.92. The first kappa shape index (κ1) is 15.0. The number of aliphatic carboxylic acids is 1. The SMILES string of the molecule is CC(O)(CNC(=O)Cn1cnc2ccccc21)CC(=O)O. The van der Waals surface area contributed by atoms with Crippen molar-refractivity contribution in [2.24, 2.45) is 0 Å². The molecule has 0 bridgehead atoms. The molecule has 1 heterocycles. The Morgan fingerprint density at radius 2 is 2.10 bits per heavy atom. The van der Waals surface area contributed by atoms with Gasteiger partial charge in [-0.3, -0.25) is 9.59 Å². The second-order valence-corrected chi connectivity index (χ2v) is 5.21. The minimum Gasteiger partial charge on any atom is -0.481 e. The van der Waals surface area contributed by atoms with Crippen molar-refractivity contribution in [1.82, 2.24) is 14.9 Å². The van der Waals surface area contributed by atoms with Crippen LogP contribution in [0.1, 0.15) is 13.3 Å². The highest BCUT2D eigenvalue weighted by Gasteiger charge is 2.24. The van der Waals surface area contributed by atoms with Crippen LogP contribution >= 0.6 is 0 Å². The Labute approximate surface area is 121 Å². The normalized spacial score (nSPS) is 13.8. The lowest BCUT2D eigenvalue weighted by Crippen LogP contribution is -2.43. The second-order valence-electron chi connectivity index (χ2n) is 5.21. The number of para-hydroxylation sites is 2. The summed E-state index contributed by atoms with van der Waals surface area (Å²) in [6.07, 6.45) is 1.14. The van der Waals surface area contributed by atoms with Crippen LogP contribution < -0.4 is 5.32 Å². The van der Waals surface area contributed by atoms with E-state index >= 15 is 0 Å². The van der Waals surface area contributed by atoms with Gasteiger partial charge in [-0.1, -0.05) is 12.1 Å². The number of carboxylic acids is 1. The van der Waals surface area contributed by atoms with Gasteiger partial charge in [0.25, 0.3) is 0 Å². The summed E-state index contributed by atoms with van der Waals surface area (Å²) in [5.41, 5.74) is 0.159. The van der Waals surface area contributed by atoms with Crippen molar-refractivity contribution < 1.29 is 19.8 Å². The highest BCUT2D eigenvalue weighted by atomic mass is 16.4. The lowest BCUT2D eigenvalue weighted by molar-refractivity contribution is -0.142. The van der Waals surface area contributed by atoms with E-state index in [0.29, 0.717) is 0 Å². The van der Waals surface area contributed by atoms with Gasteiger partial charge in [-0.2, -0.15) is 0 Å². The van der Waals surface area contributed by atoms with Gasteiger partial charge in [-0.05, 0) is 19.1 Å². The van der Waals surface area contributed by atoms with E-state index in [9.17, 15) is 14.7 Å². The molecule has 7 heteroatoms. The third-order valence-electron chi connectivity index (χ3n) is 3.04. The molecule has 21 heavy (non-hydrogen) atoms. The Morgan fingerprint density at radius 3 is 2.81 bits per heavy atom. The topological polar surface area (TPSA) is 104 Å². The fourth-order valence-corrected chi connectivity index (χ4v) is 2.02. The zero-order chi connectivity index (χ0) is 15.5. The largest absolute Gasteiger partial charge is 0.481 e. The average Bonchev–Trinajstić information content (AvgIpc) is 2.79. The summed E-state index contributed by atoms with van der Waals surface area (Å²) in [6.45, 7) is 1.31. The van der Waals surface area contributed by atoms with Crippen LogP contribution in [0, 0.1) is 0 Å².